The third-order valence-corrected chi connectivity index (χ3v) is 5.83. The number of anilines is 1. The summed E-state index contributed by atoms with van der Waals surface area (Å²) < 4.78 is 54.4. The van der Waals surface area contributed by atoms with Gasteiger partial charge in [0.25, 0.3) is 5.91 Å². The van der Waals surface area contributed by atoms with Crippen LogP contribution in [0.15, 0.2) is 53.4 Å². The smallest absolute Gasteiger partial charge is 0.414 e. The fourth-order valence-electron chi connectivity index (χ4n) is 2.78. The van der Waals surface area contributed by atoms with Gasteiger partial charge in [-0.05, 0) is 30.3 Å². The predicted molar refractivity (Wildman–Crippen MR) is 101 cm³/mol. The molecule has 2 aromatic carbocycles. The van der Waals surface area contributed by atoms with Crippen molar-refractivity contribution in [3.63, 3.8) is 0 Å². The second-order valence-electron chi connectivity index (χ2n) is 6.11. The lowest BCUT2D eigenvalue weighted by molar-refractivity contribution is 0.0913. The van der Waals surface area contributed by atoms with Crippen LogP contribution in [0.25, 0.3) is 0 Å². The molecular weight excluding hydrogens is 430 g/mol. The van der Waals surface area contributed by atoms with Gasteiger partial charge in [0.05, 0.1) is 23.5 Å². The summed E-state index contributed by atoms with van der Waals surface area (Å²) in [6.45, 7) is -0.0128. The van der Waals surface area contributed by atoms with Gasteiger partial charge < -0.3 is 10.1 Å². The summed E-state index contributed by atoms with van der Waals surface area (Å²) in [5.41, 5.74) is 0.105. The first-order valence-corrected chi connectivity index (χ1v) is 10.3. The van der Waals surface area contributed by atoms with Crippen LogP contribution in [0, 0.1) is 0 Å². The molecule has 154 valence electrons. The quantitative estimate of drug-likeness (QED) is 0.739. The fraction of sp³-hybridized carbons (Fsp3) is 0.222. The molecule has 3 rings (SSSR count). The van der Waals surface area contributed by atoms with E-state index in [1.165, 1.54) is 17.0 Å². The largest absolute Gasteiger partial charge is 0.442 e. The van der Waals surface area contributed by atoms with E-state index in [4.69, 9.17) is 16.3 Å². The Morgan fingerprint density at radius 1 is 1.24 bits per heavy atom. The van der Waals surface area contributed by atoms with Gasteiger partial charge in [0.1, 0.15) is 6.10 Å². The Balaban J connectivity index is 1.69. The van der Waals surface area contributed by atoms with Crippen molar-refractivity contribution in [1.29, 1.82) is 0 Å². The summed E-state index contributed by atoms with van der Waals surface area (Å²) in [7, 11) is -4.95. The molecule has 7 nitrogen and oxygen atoms in total. The van der Waals surface area contributed by atoms with E-state index in [0.717, 1.165) is 12.1 Å². The molecule has 1 atom stereocenters. The molecule has 2 amide bonds. The van der Waals surface area contributed by atoms with Crippen LogP contribution >= 0.6 is 11.6 Å². The number of nitrogens with one attached hydrogen (secondary N) is 1. The normalized spacial score (nSPS) is 16.8. The van der Waals surface area contributed by atoms with Gasteiger partial charge in [-0.25, -0.2) is 13.2 Å². The number of cyclic esters (lactones) is 1. The fourth-order valence-corrected chi connectivity index (χ4v) is 3.89. The third-order valence-electron chi connectivity index (χ3n) is 4.16. The Morgan fingerprint density at radius 2 is 1.97 bits per heavy atom. The first kappa shape index (κ1) is 21.0. The molecule has 1 heterocycles. The summed E-state index contributed by atoms with van der Waals surface area (Å²) in [6.07, 6.45) is -1.35. The number of ether oxygens (including phenoxy) is 1. The van der Waals surface area contributed by atoms with Gasteiger partial charge in [0, 0.05) is 10.7 Å². The van der Waals surface area contributed by atoms with Crippen LogP contribution in [-0.4, -0.2) is 45.4 Å². The number of alkyl halides is 2. The Kier molecular flexibility index (Phi) is 6.04. The van der Waals surface area contributed by atoms with Gasteiger partial charge in [-0.2, -0.15) is 8.78 Å². The molecule has 1 N–H and O–H groups in total. The highest BCUT2D eigenvalue weighted by molar-refractivity contribution is 7.91. The number of hydrogen-bond acceptors (Lipinski definition) is 5. The van der Waals surface area contributed by atoms with E-state index in [9.17, 15) is 26.8 Å². The number of carbonyl (C=O) groups excluding carboxylic acids is 2. The van der Waals surface area contributed by atoms with Crippen molar-refractivity contribution in [2.75, 3.05) is 18.0 Å². The summed E-state index contributed by atoms with van der Waals surface area (Å²) >= 11 is 5.91. The number of carbonyl (C=O) groups is 2. The highest BCUT2D eigenvalue weighted by Gasteiger charge is 2.34. The number of benzene rings is 2. The highest BCUT2D eigenvalue weighted by Crippen LogP contribution is 2.25. The molecule has 1 fully saturated rings. The van der Waals surface area contributed by atoms with Crippen molar-refractivity contribution < 1.29 is 31.5 Å². The zero-order chi connectivity index (χ0) is 21.2. The third kappa shape index (κ3) is 4.48. The molecule has 0 saturated carbocycles. The van der Waals surface area contributed by atoms with Gasteiger partial charge in [-0.3, -0.25) is 9.69 Å². The molecule has 1 saturated heterocycles. The Morgan fingerprint density at radius 3 is 2.66 bits per heavy atom. The first-order chi connectivity index (χ1) is 13.7. The highest BCUT2D eigenvalue weighted by atomic mass is 35.5. The van der Waals surface area contributed by atoms with Crippen LogP contribution in [0.5, 0.6) is 0 Å². The average Bonchev–Trinajstić information content (AvgIpc) is 3.06. The Labute approximate surface area is 170 Å². The molecule has 0 bridgehead atoms. The second kappa shape index (κ2) is 8.34. The zero-order valence-corrected chi connectivity index (χ0v) is 16.3. The van der Waals surface area contributed by atoms with Crippen LogP contribution in [0.1, 0.15) is 10.4 Å². The SMILES string of the molecule is O=C(NC[C@@H]1CN(c2cccc(Cl)c2)C(=O)O1)c1ccccc1S(=O)(=O)C(F)F. The summed E-state index contributed by atoms with van der Waals surface area (Å²) in [5.74, 6) is -4.53. The molecule has 0 unspecified atom stereocenters. The maximum Gasteiger partial charge on any atom is 0.414 e. The van der Waals surface area contributed by atoms with E-state index in [-0.39, 0.29) is 13.1 Å². The first-order valence-electron chi connectivity index (χ1n) is 8.33. The minimum Gasteiger partial charge on any atom is -0.442 e. The standard InChI is InChI=1S/C18H15ClF2N2O5S/c19-11-4-3-5-12(8-11)23-10-13(28-18(23)25)9-22-16(24)14-6-1-2-7-15(14)29(26,27)17(20)21/h1-8,13,17H,9-10H2,(H,22,24)/t13-/m1/s1. The molecule has 0 spiro atoms. The second-order valence-corrected chi connectivity index (χ2v) is 8.43. The van der Waals surface area contributed by atoms with Crippen LogP contribution in [0.3, 0.4) is 0 Å². The summed E-state index contributed by atoms with van der Waals surface area (Å²) in [6, 6.07) is 11.2. The molecular formula is C18H15ClF2N2O5S. The monoisotopic (exact) mass is 444 g/mol. The van der Waals surface area contributed by atoms with Crippen molar-refractivity contribution in [2.24, 2.45) is 0 Å². The van der Waals surface area contributed by atoms with Gasteiger partial charge in [-0.15, -0.1) is 0 Å². The zero-order valence-electron chi connectivity index (χ0n) is 14.7. The number of rotatable bonds is 6. The lowest BCUT2D eigenvalue weighted by Crippen LogP contribution is -2.35. The minimum atomic E-state index is -4.95. The summed E-state index contributed by atoms with van der Waals surface area (Å²) in [5, 5.41) is 2.85. The van der Waals surface area contributed by atoms with Gasteiger partial charge in [0.2, 0.25) is 9.84 Å². The number of sulfone groups is 1. The van der Waals surface area contributed by atoms with E-state index in [1.807, 2.05) is 0 Å². The van der Waals surface area contributed by atoms with Crippen molar-refractivity contribution >= 4 is 39.1 Å². The molecule has 0 aliphatic carbocycles. The predicted octanol–water partition coefficient (Wildman–Crippen LogP) is 3.09. The Hall–Kier alpha value is -2.72. The van der Waals surface area contributed by atoms with Gasteiger partial charge in [0.15, 0.2) is 0 Å². The molecule has 1 aliphatic heterocycles. The maximum absolute atomic E-state index is 12.9. The molecule has 11 heteroatoms. The molecule has 0 radical (unpaired) electrons. The van der Waals surface area contributed by atoms with Crippen molar-refractivity contribution in [2.45, 2.75) is 16.8 Å². The maximum atomic E-state index is 12.9. The van der Waals surface area contributed by atoms with E-state index in [0.29, 0.717) is 10.7 Å². The topological polar surface area (TPSA) is 92.8 Å². The number of halogens is 3. The Bertz CT molecular complexity index is 1050. The van der Waals surface area contributed by atoms with E-state index < -0.39 is 44.2 Å². The molecule has 29 heavy (non-hydrogen) atoms. The van der Waals surface area contributed by atoms with Crippen molar-refractivity contribution in [3.8, 4) is 0 Å². The lowest BCUT2D eigenvalue weighted by atomic mass is 10.2. The number of nitrogens with zero attached hydrogens (tertiary/aromatic N) is 1. The van der Waals surface area contributed by atoms with E-state index in [2.05, 4.69) is 5.32 Å². The lowest BCUT2D eigenvalue weighted by Gasteiger charge is -2.14. The van der Waals surface area contributed by atoms with Crippen LogP contribution in [0.2, 0.25) is 5.02 Å². The number of amides is 2. The summed E-state index contributed by atoms with van der Waals surface area (Å²) in [4.78, 5) is 25.0. The van der Waals surface area contributed by atoms with Crippen LogP contribution in [-0.2, 0) is 14.6 Å². The van der Waals surface area contributed by atoms with Crippen LogP contribution < -0.4 is 10.2 Å². The molecule has 2 aromatic rings. The van der Waals surface area contributed by atoms with Gasteiger partial charge in [-0.1, -0.05) is 29.8 Å². The minimum absolute atomic E-state index is 0.121. The van der Waals surface area contributed by atoms with Crippen molar-refractivity contribution in [3.05, 3.63) is 59.1 Å². The molecule has 1 aliphatic rings. The van der Waals surface area contributed by atoms with Crippen molar-refractivity contribution in [1.82, 2.24) is 5.32 Å². The average molecular weight is 445 g/mol. The van der Waals surface area contributed by atoms with E-state index in [1.54, 1.807) is 24.3 Å². The molecule has 0 aromatic heterocycles. The van der Waals surface area contributed by atoms with Crippen LogP contribution in [0.4, 0.5) is 19.3 Å². The number of hydrogen-bond donors (Lipinski definition) is 1. The van der Waals surface area contributed by atoms with E-state index >= 15 is 0 Å². The van der Waals surface area contributed by atoms with Gasteiger partial charge >= 0.3 is 11.9 Å².